The number of Topliss-reactive ketones (excluding diaryl/α,β-unsaturated/α-hetero) is 1. The molecule has 0 aromatic heterocycles. The molecule has 2 aliphatic carbocycles. The van der Waals surface area contributed by atoms with Crippen LogP contribution in [0.3, 0.4) is 0 Å². The maximum atomic E-state index is 11.3. The molecule has 0 amide bonds. The minimum atomic E-state index is 0.199. The van der Waals surface area contributed by atoms with Crippen molar-refractivity contribution in [1.29, 1.82) is 0 Å². The second-order valence-corrected chi connectivity index (χ2v) is 6.01. The highest BCUT2D eigenvalue weighted by molar-refractivity contribution is 5.88. The van der Waals surface area contributed by atoms with E-state index in [1.54, 1.807) is 0 Å². The molecule has 2 nitrogen and oxygen atoms in total. The van der Waals surface area contributed by atoms with E-state index in [1.807, 2.05) is 6.92 Å². The summed E-state index contributed by atoms with van der Waals surface area (Å²) in [7, 11) is 0. The number of hydrogen-bond donors (Lipinski definition) is 0. The first-order valence-electron chi connectivity index (χ1n) is 7.53. The molecule has 1 aromatic carbocycles. The zero-order valence-corrected chi connectivity index (χ0v) is 11.6. The largest absolute Gasteiger partial charge is 0.490 e. The first-order chi connectivity index (χ1) is 9.24. The quantitative estimate of drug-likeness (QED) is 0.816. The van der Waals surface area contributed by atoms with Gasteiger partial charge in [0.2, 0.25) is 0 Å². The van der Waals surface area contributed by atoms with Gasteiger partial charge in [0.05, 0.1) is 6.10 Å². The van der Waals surface area contributed by atoms with Crippen molar-refractivity contribution < 1.29 is 9.53 Å². The average molecular weight is 258 g/mol. The first kappa shape index (κ1) is 12.7. The maximum Gasteiger partial charge on any atom is 0.136 e. The fraction of sp³-hybridized carbons (Fsp3) is 0.588. The van der Waals surface area contributed by atoms with E-state index in [2.05, 4.69) is 24.3 Å². The zero-order chi connectivity index (χ0) is 13.2. The topological polar surface area (TPSA) is 26.3 Å². The molecule has 1 aromatic rings. The Morgan fingerprint density at radius 1 is 1.05 bits per heavy atom. The molecule has 0 spiro atoms. The number of rotatable bonds is 3. The van der Waals surface area contributed by atoms with Gasteiger partial charge in [-0.15, -0.1) is 0 Å². The summed E-state index contributed by atoms with van der Waals surface area (Å²) in [4.78, 5) is 11.3. The summed E-state index contributed by atoms with van der Waals surface area (Å²) >= 11 is 0. The van der Waals surface area contributed by atoms with Crippen LogP contribution in [0.15, 0.2) is 24.3 Å². The van der Waals surface area contributed by atoms with Gasteiger partial charge in [-0.25, -0.2) is 0 Å². The Morgan fingerprint density at radius 2 is 1.74 bits per heavy atom. The van der Waals surface area contributed by atoms with Gasteiger partial charge < -0.3 is 4.74 Å². The summed E-state index contributed by atoms with van der Waals surface area (Å²) in [6.45, 7) is 2.03. The van der Waals surface area contributed by atoms with E-state index in [0.29, 0.717) is 24.2 Å². The molecule has 0 saturated heterocycles. The Balaban J connectivity index is 1.61. The number of ether oxygens (including phenoxy) is 1. The Bertz CT molecular complexity index is 443. The van der Waals surface area contributed by atoms with Crippen molar-refractivity contribution in [3.05, 3.63) is 29.8 Å². The summed E-state index contributed by atoms with van der Waals surface area (Å²) in [5.74, 6) is 2.00. The van der Waals surface area contributed by atoms with Crippen LogP contribution in [-0.2, 0) is 4.79 Å². The Labute approximate surface area is 115 Å². The van der Waals surface area contributed by atoms with Crippen molar-refractivity contribution in [3.63, 3.8) is 0 Å². The molecular weight excluding hydrogens is 236 g/mol. The van der Waals surface area contributed by atoms with E-state index in [1.165, 1.54) is 37.7 Å². The Morgan fingerprint density at radius 3 is 2.32 bits per heavy atom. The molecule has 0 radical (unpaired) electrons. The van der Waals surface area contributed by atoms with Gasteiger partial charge in [-0.05, 0) is 43.4 Å². The molecular formula is C17H22O2. The second kappa shape index (κ2) is 5.36. The molecule has 3 rings (SSSR count). The van der Waals surface area contributed by atoms with Crippen LogP contribution >= 0.6 is 0 Å². The van der Waals surface area contributed by atoms with E-state index in [4.69, 9.17) is 4.74 Å². The number of ketones is 1. The monoisotopic (exact) mass is 258 g/mol. The smallest absolute Gasteiger partial charge is 0.136 e. The van der Waals surface area contributed by atoms with Gasteiger partial charge in [-0.1, -0.05) is 25.5 Å². The predicted octanol–water partition coefficient (Wildman–Crippen LogP) is 4.09. The van der Waals surface area contributed by atoms with Crippen LogP contribution in [-0.4, -0.2) is 11.9 Å². The molecule has 2 saturated carbocycles. The highest BCUT2D eigenvalue weighted by Gasteiger charge is 2.36. The van der Waals surface area contributed by atoms with Crippen LogP contribution in [0.5, 0.6) is 5.75 Å². The molecule has 102 valence electrons. The molecule has 19 heavy (non-hydrogen) atoms. The molecule has 0 aliphatic heterocycles. The van der Waals surface area contributed by atoms with Gasteiger partial charge in [0, 0.05) is 18.3 Å². The van der Waals surface area contributed by atoms with E-state index in [9.17, 15) is 4.79 Å². The average Bonchev–Trinajstić information content (AvgIpc) is 2.46. The van der Waals surface area contributed by atoms with E-state index >= 15 is 0 Å². The predicted molar refractivity (Wildman–Crippen MR) is 75.5 cm³/mol. The number of benzene rings is 1. The zero-order valence-electron chi connectivity index (χ0n) is 11.6. The molecule has 2 fully saturated rings. The van der Waals surface area contributed by atoms with E-state index < -0.39 is 0 Å². The molecule has 2 unspecified atom stereocenters. The van der Waals surface area contributed by atoms with Crippen molar-refractivity contribution in [2.24, 2.45) is 5.92 Å². The third kappa shape index (κ3) is 2.68. The van der Waals surface area contributed by atoms with Crippen LogP contribution < -0.4 is 4.74 Å². The summed E-state index contributed by atoms with van der Waals surface area (Å²) < 4.78 is 6.02. The fourth-order valence-corrected chi connectivity index (χ4v) is 3.22. The lowest BCUT2D eigenvalue weighted by molar-refractivity contribution is -0.130. The summed E-state index contributed by atoms with van der Waals surface area (Å²) in [5, 5.41) is 0. The lowest BCUT2D eigenvalue weighted by Crippen LogP contribution is -2.32. The van der Waals surface area contributed by atoms with Gasteiger partial charge in [0.1, 0.15) is 11.5 Å². The molecule has 0 bridgehead atoms. The van der Waals surface area contributed by atoms with E-state index in [0.717, 1.165) is 5.75 Å². The van der Waals surface area contributed by atoms with Crippen molar-refractivity contribution >= 4 is 5.78 Å². The van der Waals surface area contributed by atoms with Crippen LogP contribution in [0.2, 0.25) is 0 Å². The fourth-order valence-electron chi connectivity index (χ4n) is 3.22. The highest BCUT2D eigenvalue weighted by Crippen LogP contribution is 2.39. The van der Waals surface area contributed by atoms with Crippen molar-refractivity contribution in [2.45, 2.75) is 57.5 Å². The summed E-state index contributed by atoms with van der Waals surface area (Å²) in [5.41, 5.74) is 1.28. The lowest BCUT2D eigenvalue weighted by Gasteiger charge is -2.32. The highest BCUT2D eigenvalue weighted by atomic mass is 16.5. The van der Waals surface area contributed by atoms with Gasteiger partial charge in [0.25, 0.3) is 0 Å². The standard InChI is InChI=1S/C17H22O2/c1-12-16(11-17(12)18)13-7-9-15(10-8-13)19-14-5-3-2-4-6-14/h7-10,12,14,16H,2-6,11H2,1H3. The van der Waals surface area contributed by atoms with Crippen molar-refractivity contribution in [2.75, 3.05) is 0 Å². The minimum absolute atomic E-state index is 0.199. The van der Waals surface area contributed by atoms with Gasteiger partial charge >= 0.3 is 0 Å². The first-order valence-corrected chi connectivity index (χ1v) is 7.53. The molecule has 2 heteroatoms. The molecule has 0 N–H and O–H groups in total. The third-order valence-corrected chi connectivity index (χ3v) is 4.70. The van der Waals surface area contributed by atoms with Crippen molar-refractivity contribution in [1.82, 2.24) is 0 Å². The van der Waals surface area contributed by atoms with Gasteiger partial charge in [-0.2, -0.15) is 0 Å². The summed E-state index contributed by atoms with van der Waals surface area (Å²) in [6, 6.07) is 8.40. The minimum Gasteiger partial charge on any atom is -0.490 e. The molecule has 0 heterocycles. The SMILES string of the molecule is CC1C(=O)CC1c1ccc(OC2CCCCC2)cc1. The van der Waals surface area contributed by atoms with Gasteiger partial charge in [-0.3, -0.25) is 4.79 Å². The lowest BCUT2D eigenvalue weighted by atomic mass is 9.70. The van der Waals surface area contributed by atoms with Gasteiger partial charge in [0.15, 0.2) is 0 Å². The summed E-state index contributed by atoms with van der Waals surface area (Å²) in [6.07, 6.45) is 7.45. The Hall–Kier alpha value is -1.31. The number of carbonyl (C=O) groups is 1. The molecule has 2 aliphatic rings. The van der Waals surface area contributed by atoms with Crippen molar-refractivity contribution in [3.8, 4) is 5.75 Å². The number of carbonyl (C=O) groups excluding carboxylic acids is 1. The van der Waals surface area contributed by atoms with Crippen LogP contribution in [0.1, 0.15) is 56.9 Å². The number of hydrogen-bond acceptors (Lipinski definition) is 2. The van der Waals surface area contributed by atoms with Crippen LogP contribution in [0.4, 0.5) is 0 Å². The molecule has 2 atom stereocenters. The van der Waals surface area contributed by atoms with Crippen LogP contribution in [0, 0.1) is 5.92 Å². The second-order valence-electron chi connectivity index (χ2n) is 6.01. The maximum absolute atomic E-state index is 11.3. The van der Waals surface area contributed by atoms with Crippen LogP contribution in [0.25, 0.3) is 0 Å². The Kier molecular flexibility index (Phi) is 3.58. The normalized spacial score (nSPS) is 27.9. The van der Waals surface area contributed by atoms with E-state index in [-0.39, 0.29) is 5.92 Å². The third-order valence-electron chi connectivity index (χ3n) is 4.70.